The summed E-state index contributed by atoms with van der Waals surface area (Å²) in [5.74, 6) is -0.223. The predicted molar refractivity (Wildman–Crippen MR) is 114 cm³/mol. The first kappa shape index (κ1) is 22.9. The van der Waals surface area contributed by atoms with Crippen LogP contribution in [0.3, 0.4) is 0 Å². The lowest BCUT2D eigenvalue weighted by Crippen LogP contribution is -2.46. The average molecular weight is 409 g/mol. The summed E-state index contributed by atoms with van der Waals surface area (Å²) >= 11 is 0. The van der Waals surface area contributed by atoms with Crippen LogP contribution in [0.5, 0.6) is 0 Å². The molecule has 0 spiro atoms. The van der Waals surface area contributed by atoms with Crippen molar-refractivity contribution < 1.29 is 13.2 Å². The highest BCUT2D eigenvalue weighted by Crippen LogP contribution is 2.28. The average Bonchev–Trinajstić information content (AvgIpc) is 2.81. The van der Waals surface area contributed by atoms with E-state index in [2.05, 4.69) is 26.1 Å². The number of sulfonamides is 1. The summed E-state index contributed by atoms with van der Waals surface area (Å²) in [6, 6.07) is 4.89. The van der Waals surface area contributed by atoms with E-state index in [1.807, 2.05) is 20.8 Å². The third-order valence-corrected chi connectivity index (χ3v) is 6.98. The monoisotopic (exact) mass is 408 g/mol. The maximum atomic E-state index is 13.1. The summed E-state index contributed by atoms with van der Waals surface area (Å²) in [5.41, 5.74) is 0.891. The Kier molecular flexibility index (Phi) is 6.98. The van der Waals surface area contributed by atoms with Crippen LogP contribution in [0.1, 0.15) is 82.6 Å². The van der Waals surface area contributed by atoms with Crippen LogP contribution in [0.15, 0.2) is 23.1 Å². The molecule has 1 aliphatic rings. The zero-order chi connectivity index (χ0) is 21.2. The van der Waals surface area contributed by atoms with Gasteiger partial charge < -0.3 is 5.32 Å². The standard InChI is InChI=1S/C22H36N2O3S/c1-17-11-12-18(28(26,27)24-13-9-7-8-10-14-24)15-19(17)20(25)23-22(5,6)16-21(2,3)4/h11-12,15H,7-10,13-14,16H2,1-6H3,(H,23,25). The quantitative estimate of drug-likeness (QED) is 0.780. The minimum Gasteiger partial charge on any atom is -0.347 e. The number of hydrogen-bond acceptors (Lipinski definition) is 3. The number of benzene rings is 1. The van der Waals surface area contributed by atoms with Crippen molar-refractivity contribution in [3.63, 3.8) is 0 Å². The fourth-order valence-electron chi connectivity index (χ4n) is 4.18. The molecule has 0 aromatic heterocycles. The van der Waals surface area contributed by atoms with Crippen LogP contribution in [0.4, 0.5) is 0 Å². The van der Waals surface area contributed by atoms with Crippen LogP contribution in [-0.2, 0) is 10.0 Å². The third-order valence-electron chi connectivity index (χ3n) is 5.08. The van der Waals surface area contributed by atoms with E-state index < -0.39 is 10.0 Å². The van der Waals surface area contributed by atoms with Crippen molar-refractivity contribution in [3.8, 4) is 0 Å². The van der Waals surface area contributed by atoms with Crippen LogP contribution in [-0.4, -0.2) is 37.3 Å². The Morgan fingerprint density at radius 3 is 2.14 bits per heavy atom. The summed E-state index contributed by atoms with van der Waals surface area (Å²) in [5, 5.41) is 3.09. The van der Waals surface area contributed by atoms with Crippen molar-refractivity contribution in [2.24, 2.45) is 5.41 Å². The molecular formula is C22H36N2O3S. The highest BCUT2D eigenvalue weighted by molar-refractivity contribution is 7.89. The number of nitrogens with one attached hydrogen (secondary N) is 1. The van der Waals surface area contributed by atoms with Gasteiger partial charge in [-0.15, -0.1) is 0 Å². The molecule has 158 valence electrons. The van der Waals surface area contributed by atoms with Gasteiger partial charge in [0.1, 0.15) is 0 Å². The minimum atomic E-state index is -3.58. The molecule has 0 saturated carbocycles. The van der Waals surface area contributed by atoms with Crippen LogP contribution >= 0.6 is 0 Å². The van der Waals surface area contributed by atoms with Gasteiger partial charge in [0.15, 0.2) is 0 Å². The van der Waals surface area contributed by atoms with Gasteiger partial charge in [0.25, 0.3) is 5.91 Å². The topological polar surface area (TPSA) is 66.5 Å². The second kappa shape index (κ2) is 8.54. The second-order valence-electron chi connectivity index (χ2n) is 9.87. The maximum absolute atomic E-state index is 13.1. The molecule has 1 aromatic rings. The van der Waals surface area contributed by atoms with Gasteiger partial charge in [-0.05, 0) is 63.1 Å². The number of carbonyl (C=O) groups is 1. The van der Waals surface area contributed by atoms with Crippen molar-refractivity contribution in [3.05, 3.63) is 29.3 Å². The Bertz CT molecular complexity index is 800. The number of rotatable bonds is 5. The predicted octanol–water partition coefficient (Wildman–Crippen LogP) is 4.50. The molecule has 6 heteroatoms. The van der Waals surface area contributed by atoms with E-state index in [0.29, 0.717) is 18.7 Å². The number of nitrogens with zero attached hydrogens (tertiary/aromatic N) is 1. The first-order valence-corrected chi connectivity index (χ1v) is 11.7. The Morgan fingerprint density at radius 2 is 1.61 bits per heavy atom. The van der Waals surface area contributed by atoms with Crippen molar-refractivity contribution in [2.45, 2.75) is 84.1 Å². The molecule has 5 nitrogen and oxygen atoms in total. The normalized spacial score (nSPS) is 17.2. The SMILES string of the molecule is Cc1ccc(S(=O)(=O)N2CCCCCC2)cc1C(=O)NC(C)(C)CC(C)(C)C. The van der Waals surface area contributed by atoms with Crippen molar-refractivity contribution in [1.82, 2.24) is 9.62 Å². The van der Waals surface area contributed by atoms with Gasteiger partial charge in [0.05, 0.1) is 4.90 Å². The van der Waals surface area contributed by atoms with E-state index in [1.165, 1.54) is 6.07 Å². The molecule has 1 heterocycles. The summed E-state index contributed by atoms with van der Waals surface area (Å²) in [7, 11) is -3.58. The van der Waals surface area contributed by atoms with Crippen LogP contribution in [0, 0.1) is 12.3 Å². The Labute approximate surface area is 170 Å². The minimum absolute atomic E-state index is 0.0732. The van der Waals surface area contributed by atoms with Crippen molar-refractivity contribution >= 4 is 15.9 Å². The van der Waals surface area contributed by atoms with Crippen LogP contribution < -0.4 is 5.32 Å². The largest absolute Gasteiger partial charge is 0.347 e. The van der Waals surface area contributed by atoms with E-state index in [4.69, 9.17) is 0 Å². The number of carbonyl (C=O) groups excluding carboxylic acids is 1. The summed E-state index contributed by atoms with van der Waals surface area (Å²) in [4.78, 5) is 13.2. The second-order valence-corrected chi connectivity index (χ2v) is 11.8. The molecule has 1 amide bonds. The molecule has 1 aliphatic heterocycles. The lowest BCUT2D eigenvalue weighted by Gasteiger charge is -2.33. The Balaban J connectivity index is 2.28. The van der Waals surface area contributed by atoms with Gasteiger partial charge in [-0.1, -0.05) is 39.7 Å². The van der Waals surface area contributed by atoms with E-state index >= 15 is 0 Å². The molecule has 0 radical (unpaired) electrons. The molecule has 0 aliphatic carbocycles. The molecule has 1 aromatic carbocycles. The molecule has 1 fully saturated rings. The number of aryl methyl sites for hydroxylation is 1. The van der Waals surface area contributed by atoms with E-state index in [0.717, 1.165) is 37.7 Å². The fraction of sp³-hybridized carbons (Fsp3) is 0.682. The van der Waals surface area contributed by atoms with E-state index in [-0.39, 0.29) is 21.8 Å². The van der Waals surface area contributed by atoms with Gasteiger partial charge in [-0.3, -0.25) is 4.79 Å². The molecule has 2 rings (SSSR count). The molecule has 1 N–H and O–H groups in total. The Hall–Kier alpha value is -1.40. The fourth-order valence-corrected chi connectivity index (χ4v) is 5.73. The molecule has 0 unspecified atom stereocenters. The van der Waals surface area contributed by atoms with E-state index in [9.17, 15) is 13.2 Å². The van der Waals surface area contributed by atoms with Crippen LogP contribution in [0.25, 0.3) is 0 Å². The number of hydrogen-bond donors (Lipinski definition) is 1. The molecule has 0 atom stereocenters. The molecular weight excluding hydrogens is 372 g/mol. The highest BCUT2D eigenvalue weighted by Gasteiger charge is 2.29. The molecule has 1 saturated heterocycles. The van der Waals surface area contributed by atoms with Gasteiger partial charge >= 0.3 is 0 Å². The lowest BCUT2D eigenvalue weighted by atomic mass is 9.81. The van der Waals surface area contributed by atoms with Crippen molar-refractivity contribution in [1.29, 1.82) is 0 Å². The van der Waals surface area contributed by atoms with Gasteiger partial charge in [0, 0.05) is 24.2 Å². The van der Waals surface area contributed by atoms with E-state index in [1.54, 1.807) is 16.4 Å². The summed E-state index contributed by atoms with van der Waals surface area (Å²) in [6.07, 6.45) is 4.72. The third kappa shape index (κ3) is 6.05. The molecule has 28 heavy (non-hydrogen) atoms. The smallest absolute Gasteiger partial charge is 0.252 e. The summed E-state index contributed by atoms with van der Waals surface area (Å²) < 4.78 is 27.8. The van der Waals surface area contributed by atoms with Crippen LogP contribution in [0.2, 0.25) is 0 Å². The lowest BCUT2D eigenvalue weighted by molar-refractivity contribution is 0.0890. The Morgan fingerprint density at radius 1 is 1.04 bits per heavy atom. The molecule has 0 bridgehead atoms. The highest BCUT2D eigenvalue weighted by atomic mass is 32.2. The van der Waals surface area contributed by atoms with Gasteiger partial charge in [-0.2, -0.15) is 4.31 Å². The first-order chi connectivity index (χ1) is 12.8. The van der Waals surface area contributed by atoms with Gasteiger partial charge in [0.2, 0.25) is 10.0 Å². The van der Waals surface area contributed by atoms with Gasteiger partial charge in [-0.25, -0.2) is 8.42 Å². The summed E-state index contributed by atoms with van der Waals surface area (Å²) in [6.45, 7) is 13.4. The van der Waals surface area contributed by atoms with Crippen molar-refractivity contribution in [2.75, 3.05) is 13.1 Å². The zero-order valence-corrected chi connectivity index (χ0v) is 19.1. The maximum Gasteiger partial charge on any atom is 0.252 e. The number of amides is 1. The first-order valence-electron chi connectivity index (χ1n) is 10.3. The zero-order valence-electron chi connectivity index (χ0n) is 18.3.